The molecule has 1 aromatic heterocycles. The van der Waals surface area contributed by atoms with Gasteiger partial charge < -0.3 is 5.32 Å². The third kappa shape index (κ3) is 3.02. The van der Waals surface area contributed by atoms with Gasteiger partial charge in [-0.1, -0.05) is 55.5 Å². The van der Waals surface area contributed by atoms with E-state index in [1.807, 2.05) is 12.1 Å². The first-order valence-corrected chi connectivity index (χ1v) is 10.8. The van der Waals surface area contributed by atoms with Gasteiger partial charge in [-0.25, -0.2) is 4.99 Å². The summed E-state index contributed by atoms with van der Waals surface area (Å²) in [6, 6.07) is 12.0. The molecule has 1 N–H and O–H groups in total. The number of anilines is 1. The van der Waals surface area contributed by atoms with Crippen LogP contribution < -0.4 is 9.99 Å². The summed E-state index contributed by atoms with van der Waals surface area (Å²) < 4.78 is 1.01. The quantitative estimate of drug-likeness (QED) is 0.432. The Morgan fingerprint density at radius 2 is 1.80 bits per heavy atom. The van der Waals surface area contributed by atoms with Crippen molar-refractivity contribution in [3.05, 3.63) is 61.6 Å². The maximum Gasteiger partial charge on any atom is 0.135 e. The molecule has 0 radical (unpaired) electrons. The molecule has 25 heavy (non-hydrogen) atoms. The topological polar surface area (TPSA) is 24.4 Å². The van der Waals surface area contributed by atoms with Crippen LogP contribution in [0.15, 0.2) is 41.4 Å². The summed E-state index contributed by atoms with van der Waals surface area (Å²) in [5, 5.41) is 4.72. The Morgan fingerprint density at radius 3 is 2.56 bits per heavy atom. The molecule has 0 aliphatic carbocycles. The predicted molar refractivity (Wildman–Crippen MR) is 111 cm³/mol. The molecule has 0 unspecified atom stereocenters. The Kier molecular flexibility index (Phi) is 4.19. The van der Waals surface area contributed by atoms with Crippen LogP contribution in [0.1, 0.15) is 24.3 Å². The highest BCUT2D eigenvalue weighted by Gasteiger charge is 2.33. The van der Waals surface area contributed by atoms with Crippen LogP contribution >= 0.6 is 43.9 Å². The summed E-state index contributed by atoms with van der Waals surface area (Å²) in [4.78, 5) is 6.18. The van der Waals surface area contributed by atoms with Crippen LogP contribution in [-0.4, -0.2) is 0 Å². The first-order valence-electron chi connectivity index (χ1n) is 7.88. The Labute approximate surface area is 164 Å². The van der Waals surface area contributed by atoms with Crippen molar-refractivity contribution in [3.63, 3.8) is 0 Å². The van der Waals surface area contributed by atoms with Crippen LogP contribution in [0.5, 0.6) is 0 Å². The van der Waals surface area contributed by atoms with Crippen molar-refractivity contribution >= 4 is 55.3 Å². The minimum absolute atomic E-state index is 0.121. The molecule has 2 aromatic carbocycles. The van der Waals surface area contributed by atoms with E-state index in [9.17, 15) is 0 Å². The number of benzene rings is 2. The van der Waals surface area contributed by atoms with Crippen molar-refractivity contribution in [2.45, 2.75) is 26.3 Å². The highest BCUT2D eigenvalue weighted by molar-refractivity contribution is 7.68. The Bertz CT molecular complexity index is 1050. The van der Waals surface area contributed by atoms with E-state index in [-0.39, 0.29) is 5.54 Å². The fourth-order valence-corrected chi connectivity index (χ4v) is 6.26. The van der Waals surface area contributed by atoms with Gasteiger partial charge in [0.1, 0.15) is 4.67 Å². The number of nitrogens with one attached hydrogen (secondary N) is 1. The first-order chi connectivity index (χ1) is 11.8. The number of hydrogen-bond acceptors (Lipinski definition) is 4. The second-order valence-corrected chi connectivity index (χ2v) is 9.63. The SMILES string of the molecule is Cc1ccc2c(c1)-c1c(ssc1=Nc1ccc(Cl)c(Cl)c1)C(C)(C)N2. The van der Waals surface area contributed by atoms with E-state index in [1.165, 1.54) is 21.6 Å². The lowest BCUT2D eigenvalue weighted by molar-refractivity contribution is 0.619. The second kappa shape index (κ2) is 6.13. The number of hydrogen-bond donors (Lipinski definition) is 1. The molecule has 0 saturated heterocycles. The lowest BCUT2D eigenvalue weighted by Gasteiger charge is -2.33. The van der Waals surface area contributed by atoms with E-state index < -0.39 is 0 Å². The smallest absolute Gasteiger partial charge is 0.135 e. The van der Waals surface area contributed by atoms with Crippen molar-refractivity contribution in [1.29, 1.82) is 0 Å². The number of fused-ring (bicyclic) bond motifs is 3. The zero-order chi connectivity index (χ0) is 17.8. The second-order valence-electron chi connectivity index (χ2n) is 6.69. The number of nitrogens with zero attached hydrogens (tertiary/aromatic N) is 1. The summed E-state index contributed by atoms with van der Waals surface area (Å²) >= 11 is 12.2. The number of aryl methyl sites for hydroxylation is 1. The zero-order valence-corrected chi connectivity index (χ0v) is 17.1. The van der Waals surface area contributed by atoms with Crippen LogP contribution in [0.4, 0.5) is 11.4 Å². The van der Waals surface area contributed by atoms with E-state index in [0.29, 0.717) is 10.0 Å². The third-order valence-corrected chi connectivity index (χ3v) is 7.62. The standard InChI is InChI=1S/C19H16Cl2N2S2/c1-10-4-7-15-12(8-10)16-17(19(2,3)23-15)24-25-18(16)22-11-5-6-13(20)14(21)9-11/h4-9,23H,1-3H3. The summed E-state index contributed by atoms with van der Waals surface area (Å²) in [7, 11) is 3.48. The molecule has 2 nitrogen and oxygen atoms in total. The normalized spacial score (nSPS) is 15.5. The third-order valence-electron chi connectivity index (χ3n) is 4.24. The fourth-order valence-electron chi connectivity index (χ4n) is 3.03. The van der Waals surface area contributed by atoms with Gasteiger partial charge in [0.05, 0.1) is 26.1 Å². The number of halogens is 2. The maximum atomic E-state index is 6.15. The van der Waals surface area contributed by atoms with Crippen LogP contribution in [0.2, 0.25) is 10.0 Å². The predicted octanol–water partition coefficient (Wildman–Crippen LogP) is 6.98. The van der Waals surface area contributed by atoms with Crippen LogP contribution in [0.25, 0.3) is 11.1 Å². The summed E-state index contributed by atoms with van der Waals surface area (Å²) in [5.41, 5.74) is 5.53. The van der Waals surface area contributed by atoms with Gasteiger partial charge in [-0.3, -0.25) is 0 Å². The molecular formula is C19H16Cl2N2S2. The molecule has 0 saturated carbocycles. The van der Waals surface area contributed by atoms with Crippen molar-refractivity contribution in [3.8, 4) is 11.1 Å². The Morgan fingerprint density at radius 1 is 1.00 bits per heavy atom. The Balaban J connectivity index is 1.98. The monoisotopic (exact) mass is 406 g/mol. The van der Waals surface area contributed by atoms with Gasteiger partial charge in [-0.05, 0) is 51.1 Å². The maximum absolute atomic E-state index is 6.15. The highest BCUT2D eigenvalue weighted by Crippen LogP contribution is 2.45. The van der Waals surface area contributed by atoms with Gasteiger partial charge in [0.2, 0.25) is 0 Å². The molecule has 3 aromatic rings. The average Bonchev–Trinajstić information content (AvgIpc) is 2.97. The molecule has 6 heteroatoms. The van der Waals surface area contributed by atoms with Crippen molar-refractivity contribution < 1.29 is 0 Å². The minimum atomic E-state index is -0.121. The summed E-state index contributed by atoms with van der Waals surface area (Å²) in [6.07, 6.45) is 0. The molecule has 0 atom stereocenters. The molecule has 0 amide bonds. The van der Waals surface area contributed by atoms with Gasteiger partial charge in [-0.2, -0.15) is 0 Å². The molecule has 128 valence electrons. The van der Waals surface area contributed by atoms with Crippen LogP contribution in [0.3, 0.4) is 0 Å². The van der Waals surface area contributed by atoms with Crippen LogP contribution in [-0.2, 0) is 5.54 Å². The molecule has 1 aliphatic heterocycles. The molecule has 0 fully saturated rings. The molecule has 4 rings (SSSR count). The van der Waals surface area contributed by atoms with E-state index in [1.54, 1.807) is 26.7 Å². The molecule has 0 bridgehead atoms. The van der Waals surface area contributed by atoms with Gasteiger partial charge >= 0.3 is 0 Å². The molecule has 2 heterocycles. The fraction of sp³-hybridized carbons (Fsp3) is 0.211. The molecule has 1 aliphatic rings. The average molecular weight is 407 g/mol. The van der Waals surface area contributed by atoms with Gasteiger partial charge in [0.15, 0.2) is 0 Å². The first kappa shape index (κ1) is 17.1. The minimum Gasteiger partial charge on any atom is -0.375 e. The van der Waals surface area contributed by atoms with E-state index in [4.69, 9.17) is 28.2 Å². The van der Waals surface area contributed by atoms with E-state index in [0.717, 1.165) is 16.0 Å². The van der Waals surface area contributed by atoms with Gasteiger partial charge in [0.25, 0.3) is 0 Å². The largest absolute Gasteiger partial charge is 0.375 e. The van der Waals surface area contributed by atoms with Crippen molar-refractivity contribution in [2.75, 3.05) is 5.32 Å². The van der Waals surface area contributed by atoms with E-state index in [2.05, 4.69) is 44.3 Å². The van der Waals surface area contributed by atoms with Gasteiger partial charge in [0, 0.05) is 16.8 Å². The van der Waals surface area contributed by atoms with E-state index >= 15 is 0 Å². The molecular weight excluding hydrogens is 391 g/mol. The highest BCUT2D eigenvalue weighted by atomic mass is 35.5. The van der Waals surface area contributed by atoms with Crippen molar-refractivity contribution in [1.82, 2.24) is 0 Å². The van der Waals surface area contributed by atoms with Crippen molar-refractivity contribution in [2.24, 2.45) is 4.99 Å². The Hall–Kier alpha value is -1.33. The lowest BCUT2D eigenvalue weighted by atomic mass is 9.89. The summed E-state index contributed by atoms with van der Waals surface area (Å²) in [6.45, 7) is 6.53. The van der Waals surface area contributed by atoms with Gasteiger partial charge in [-0.15, -0.1) is 0 Å². The zero-order valence-electron chi connectivity index (χ0n) is 14.0. The number of rotatable bonds is 1. The summed E-state index contributed by atoms with van der Waals surface area (Å²) in [5.74, 6) is 0. The molecule has 0 spiro atoms. The van der Waals surface area contributed by atoms with Crippen LogP contribution in [0, 0.1) is 6.92 Å². The lowest BCUT2D eigenvalue weighted by Crippen LogP contribution is -2.31.